The molecule has 1 saturated carbocycles. The van der Waals surface area contributed by atoms with Crippen LogP contribution in [0.3, 0.4) is 0 Å². The summed E-state index contributed by atoms with van der Waals surface area (Å²) < 4.78 is 18.5. The molecule has 1 aliphatic rings. The second kappa shape index (κ2) is 9.37. The Bertz CT molecular complexity index is 615. The zero-order chi connectivity index (χ0) is 18.3. The first-order valence-electron chi connectivity index (χ1n) is 8.92. The molecule has 0 spiro atoms. The fourth-order valence-electron chi connectivity index (χ4n) is 3.11. The van der Waals surface area contributed by atoms with Crippen molar-refractivity contribution in [2.45, 2.75) is 63.3 Å². The molecule has 2 atom stereocenters. The number of benzene rings is 1. The first-order chi connectivity index (χ1) is 11.9. The molecule has 0 heterocycles. The van der Waals surface area contributed by atoms with Crippen molar-refractivity contribution < 1.29 is 24.1 Å². The molecule has 0 radical (unpaired) electrons. The molecule has 0 amide bonds. The maximum atomic E-state index is 12.4. The van der Waals surface area contributed by atoms with E-state index in [-0.39, 0.29) is 25.1 Å². The van der Waals surface area contributed by atoms with Gasteiger partial charge in [0.05, 0.1) is 11.9 Å². The second-order valence-corrected chi connectivity index (χ2v) is 9.34. The third-order valence-electron chi connectivity index (χ3n) is 4.69. The minimum atomic E-state index is -3.61. The lowest BCUT2D eigenvalue weighted by Crippen LogP contribution is -2.23. The Hall–Kier alpha value is -1.36. The van der Waals surface area contributed by atoms with Crippen molar-refractivity contribution in [3.8, 4) is 5.75 Å². The van der Waals surface area contributed by atoms with E-state index in [0.717, 1.165) is 24.2 Å². The summed E-state index contributed by atoms with van der Waals surface area (Å²) in [6, 6.07) is 7.59. The highest BCUT2D eigenvalue weighted by Crippen LogP contribution is 2.46. The van der Waals surface area contributed by atoms with Gasteiger partial charge < -0.3 is 20.5 Å². The Morgan fingerprint density at radius 2 is 1.96 bits per heavy atom. The van der Waals surface area contributed by atoms with Crippen LogP contribution in [0.25, 0.3) is 0 Å². The summed E-state index contributed by atoms with van der Waals surface area (Å²) in [5, 5.41) is 8.68. The standard InChI is InChI=1S/C18H28NO5P/c19-17(10-11-18(20)21)25(22,23)13-12-14-6-4-5-9-16(14)24-15-7-2-1-3-8-15/h4-6,9,15,17H,1-3,7-8,10-13,19H2,(H,20,21)(H,22,23). The van der Waals surface area contributed by atoms with E-state index in [0.29, 0.717) is 6.42 Å². The molecule has 1 aliphatic carbocycles. The fourth-order valence-corrected chi connectivity index (χ4v) is 4.53. The molecule has 1 aromatic carbocycles. The van der Waals surface area contributed by atoms with Gasteiger partial charge in [-0.3, -0.25) is 9.36 Å². The topological polar surface area (TPSA) is 110 Å². The summed E-state index contributed by atoms with van der Waals surface area (Å²) in [7, 11) is -3.61. The summed E-state index contributed by atoms with van der Waals surface area (Å²) in [6.45, 7) is 0. The highest BCUT2D eigenvalue weighted by molar-refractivity contribution is 7.58. The van der Waals surface area contributed by atoms with Gasteiger partial charge in [-0.2, -0.15) is 0 Å². The maximum absolute atomic E-state index is 12.4. The van der Waals surface area contributed by atoms with Gasteiger partial charge in [0, 0.05) is 12.6 Å². The molecule has 6 nitrogen and oxygen atoms in total. The number of rotatable bonds is 9. The van der Waals surface area contributed by atoms with Gasteiger partial charge >= 0.3 is 5.97 Å². The van der Waals surface area contributed by atoms with E-state index < -0.39 is 19.1 Å². The Balaban J connectivity index is 1.95. The quantitative estimate of drug-likeness (QED) is 0.576. The maximum Gasteiger partial charge on any atom is 0.303 e. The number of aliphatic carboxylic acids is 1. The van der Waals surface area contributed by atoms with Crippen LogP contribution in [-0.4, -0.2) is 34.0 Å². The molecule has 2 unspecified atom stereocenters. The number of hydrogen-bond donors (Lipinski definition) is 3. The average molecular weight is 369 g/mol. The van der Waals surface area contributed by atoms with Gasteiger partial charge in [-0.1, -0.05) is 24.6 Å². The summed E-state index contributed by atoms with van der Waals surface area (Å²) in [4.78, 5) is 20.8. The van der Waals surface area contributed by atoms with Crippen LogP contribution in [0.2, 0.25) is 0 Å². The van der Waals surface area contributed by atoms with Crippen molar-refractivity contribution >= 4 is 13.3 Å². The number of ether oxygens (including phenoxy) is 1. The average Bonchev–Trinajstić information content (AvgIpc) is 2.59. The Morgan fingerprint density at radius 3 is 2.64 bits per heavy atom. The zero-order valence-electron chi connectivity index (χ0n) is 14.5. The van der Waals surface area contributed by atoms with Crippen LogP contribution in [0.15, 0.2) is 24.3 Å². The lowest BCUT2D eigenvalue weighted by Gasteiger charge is -2.25. The van der Waals surface area contributed by atoms with Crippen molar-refractivity contribution in [1.29, 1.82) is 0 Å². The van der Waals surface area contributed by atoms with E-state index in [1.165, 1.54) is 19.3 Å². The van der Waals surface area contributed by atoms with E-state index in [1.807, 2.05) is 24.3 Å². The third-order valence-corrected chi connectivity index (χ3v) is 6.85. The first-order valence-corrected chi connectivity index (χ1v) is 10.8. The summed E-state index contributed by atoms with van der Waals surface area (Å²) in [6.07, 6.45) is 6.14. The van der Waals surface area contributed by atoms with Gasteiger partial charge in [0.25, 0.3) is 0 Å². The number of carboxylic acid groups (broad SMARTS) is 1. The molecular weight excluding hydrogens is 341 g/mol. The zero-order valence-corrected chi connectivity index (χ0v) is 15.4. The van der Waals surface area contributed by atoms with Gasteiger partial charge in [0.15, 0.2) is 0 Å². The van der Waals surface area contributed by atoms with Gasteiger partial charge in [0.2, 0.25) is 7.37 Å². The SMILES string of the molecule is NC(CCC(=O)O)P(=O)(O)CCc1ccccc1OC1CCCCC1. The summed E-state index contributed by atoms with van der Waals surface area (Å²) in [5.74, 6) is -1.25. The second-order valence-electron chi connectivity index (χ2n) is 6.71. The first kappa shape index (κ1) is 20.0. The van der Waals surface area contributed by atoms with Crippen molar-refractivity contribution in [3.05, 3.63) is 29.8 Å². The molecule has 25 heavy (non-hydrogen) atoms. The van der Waals surface area contributed by atoms with Gasteiger partial charge in [-0.25, -0.2) is 0 Å². The molecule has 0 bridgehead atoms. The largest absolute Gasteiger partial charge is 0.490 e. The van der Waals surface area contributed by atoms with Crippen molar-refractivity contribution in [2.24, 2.45) is 5.73 Å². The summed E-state index contributed by atoms with van der Waals surface area (Å²) in [5.41, 5.74) is 6.64. The van der Waals surface area contributed by atoms with Crippen LogP contribution in [0.1, 0.15) is 50.5 Å². The molecule has 7 heteroatoms. The van der Waals surface area contributed by atoms with Crippen molar-refractivity contribution in [2.75, 3.05) is 6.16 Å². The minimum absolute atomic E-state index is 0.00331. The number of nitrogens with two attached hydrogens (primary N) is 1. The third kappa shape index (κ3) is 6.46. The van der Waals surface area contributed by atoms with Gasteiger partial charge in [-0.05, 0) is 50.2 Å². The smallest absolute Gasteiger partial charge is 0.303 e. The number of aryl methyl sites for hydroxylation is 1. The van der Waals surface area contributed by atoms with E-state index in [2.05, 4.69) is 0 Å². The van der Waals surface area contributed by atoms with Crippen molar-refractivity contribution in [3.63, 3.8) is 0 Å². The van der Waals surface area contributed by atoms with E-state index in [1.54, 1.807) is 0 Å². The van der Waals surface area contributed by atoms with Crippen LogP contribution in [-0.2, 0) is 15.8 Å². The molecule has 0 aromatic heterocycles. The lowest BCUT2D eigenvalue weighted by molar-refractivity contribution is -0.137. The molecular formula is C18H28NO5P. The number of hydrogen-bond acceptors (Lipinski definition) is 4. The lowest BCUT2D eigenvalue weighted by atomic mass is 9.97. The van der Waals surface area contributed by atoms with Crippen LogP contribution in [0, 0.1) is 0 Å². The fraction of sp³-hybridized carbons (Fsp3) is 0.611. The van der Waals surface area contributed by atoms with Crippen LogP contribution < -0.4 is 10.5 Å². The van der Waals surface area contributed by atoms with Crippen LogP contribution in [0.4, 0.5) is 0 Å². The highest BCUT2D eigenvalue weighted by Gasteiger charge is 2.28. The minimum Gasteiger partial charge on any atom is -0.490 e. The number of carbonyl (C=O) groups is 1. The van der Waals surface area contributed by atoms with Gasteiger partial charge in [0.1, 0.15) is 5.75 Å². The predicted molar refractivity (Wildman–Crippen MR) is 97.2 cm³/mol. The molecule has 1 aromatic rings. The highest BCUT2D eigenvalue weighted by atomic mass is 31.2. The van der Waals surface area contributed by atoms with Gasteiger partial charge in [-0.15, -0.1) is 0 Å². The molecule has 140 valence electrons. The Labute approximate surface area is 148 Å². The van der Waals surface area contributed by atoms with Crippen molar-refractivity contribution in [1.82, 2.24) is 0 Å². The molecule has 4 N–H and O–H groups in total. The molecule has 0 aliphatic heterocycles. The monoisotopic (exact) mass is 369 g/mol. The number of carboxylic acids is 1. The molecule has 2 rings (SSSR count). The summed E-state index contributed by atoms with van der Waals surface area (Å²) >= 11 is 0. The van der Waals surface area contributed by atoms with E-state index >= 15 is 0 Å². The van der Waals surface area contributed by atoms with E-state index in [4.69, 9.17) is 15.6 Å². The molecule has 0 saturated heterocycles. The van der Waals surface area contributed by atoms with E-state index in [9.17, 15) is 14.3 Å². The Kier molecular flexibility index (Phi) is 7.48. The Morgan fingerprint density at radius 1 is 1.28 bits per heavy atom. The predicted octanol–water partition coefficient (Wildman–Crippen LogP) is 3.36. The number of para-hydroxylation sites is 1. The normalized spacial score (nSPS) is 19.1. The van der Waals surface area contributed by atoms with Crippen LogP contribution in [0.5, 0.6) is 5.75 Å². The van der Waals surface area contributed by atoms with Crippen LogP contribution >= 0.6 is 7.37 Å². The molecule has 1 fully saturated rings.